The standard InChI is InChI=1S/C22H27N3O5/c1-14-7-9-24(10-8-14)19-6-5-16(25(27)28)12-17(19)22(26)23-18-13-21(30-4)20(29-3)11-15(18)2/h5-6,11-14H,7-10H2,1-4H3,(H,23,26). The highest BCUT2D eigenvalue weighted by Crippen LogP contribution is 2.34. The van der Waals surface area contributed by atoms with Crippen molar-refractivity contribution in [2.24, 2.45) is 5.92 Å². The first-order valence-corrected chi connectivity index (χ1v) is 9.91. The number of benzene rings is 2. The molecule has 0 spiro atoms. The molecule has 1 saturated heterocycles. The largest absolute Gasteiger partial charge is 0.493 e. The van der Waals surface area contributed by atoms with Gasteiger partial charge in [-0.1, -0.05) is 6.92 Å². The van der Waals surface area contributed by atoms with Crippen LogP contribution in [-0.4, -0.2) is 38.1 Å². The predicted octanol–water partition coefficient (Wildman–Crippen LogP) is 4.41. The Morgan fingerprint density at radius 2 is 1.77 bits per heavy atom. The number of methoxy groups -OCH3 is 2. The van der Waals surface area contributed by atoms with Gasteiger partial charge in [0.2, 0.25) is 0 Å². The van der Waals surface area contributed by atoms with Crippen LogP contribution in [0.5, 0.6) is 11.5 Å². The van der Waals surface area contributed by atoms with Crippen LogP contribution in [0.25, 0.3) is 0 Å². The van der Waals surface area contributed by atoms with Gasteiger partial charge in [0.1, 0.15) is 0 Å². The Balaban J connectivity index is 1.96. The fraction of sp³-hybridized carbons (Fsp3) is 0.409. The van der Waals surface area contributed by atoms with Gasteiger partial charge in [-0.25, -0.2) is 0 Å². The van der Waals surface area contributed by atoms with E-state index in [0.29, 0.717) is 28.8 Å². The SMILES string of the molecule is COc1cc(C)c(NC(=O)c2cc([N+](=O)[O-])ccc2N2CCC(C)CC2)cc1OC. The molecule has 0 bridgehead atoms. The summed E-state index contributed by atoms with van der Waals surface area (Å²) in [5, 5.41) is 14.2. The van der Waals surface area contributed by atoms with Crippen LogP contribution in [0.3, 0.4) is 0 Å². The summed E-state index contributed by atoms with van der Waals surface area (Å²) < 4.78 is 10.6. The molecule has 1 aliphatic heterocycles. The fourth-order valence-electron chi connectivity index (χ4n) is 3.65. The minimum absolute atomic E-state index is 0.113. The van der Waals surface area contributed by atoms with E-state index < -0.39 is 10.8 Å². The number of aryl methyl sites for hydroxylation is 1. The van der Waals surface area contributed by atoms with Gasteiger partial charge in [0, 0.05) is 37.0 Å². The maximum absolute atomic E-state index is 13.2. The minimum Gasteiger partial charge on any atom is -0.493 e. The number of piperidine rings is 1. The first kappa shape index (κ1) is 21.4. The molecular formula is C22H27N3O5. The quantitative estimate of drug-likeness (QED) is 0.557. The third-order valence-corrected chi connectivity index (χ3v) is 5.54. The Hall–Kier alpha value is -3.29. The van der Waals surface area contributed by atoms with Gasteiger partial charge >= 0.3 is 0 Å². The molecular weight excluding hydrogens is 386 g/mol. The van der Waals surface area contributed by atoms with E-state index in [1.54, 1.807) is 25.3 Å². The Morgan fingerprint density at radius 1 is 1.13 bits per heavy atom. The summed E-state index contributed by atoms with van der Waals surface area (Å²) in [5.41, 5.74) is 2.23. The number of carbonyl (C=O) groups is 1. The molecule has 1 aliphatic rings. The van der Waals surface area contributed by atoms with Gasteiger partial charge < -0.3 is 19.7 Å². The lowest BCUT2D eigenvalue weighted by Crippen LogP contribution is -2.34. The van der Waals surface area contributed by atoms with Crippen LogP contribution < -0.4 is 19.7 Å². The van der Waals surface area contributed by atoms with E-state index in [0.717, 1.165) is 31.5 Å². The van der Waals surface area contributed by atoms with Crippen LogP contribution >= 0.6 is 0 Å². The van der Waals surface area contributed by atoms with E-state index in [1.807, 2.05) is 6.92 Å². The maximum Gasteiger partial charge on any atom is 0.270 e. The van der Waals surface area contributed by atoms with Crippen molar-refractivity contribution in [3.63, 3.8) is 0 Å². The van der Waals surface area contributed by atoms with E-state index in [-0.39, 0.29) is 11.3 Å². The Kier molecular flexibility index (Phi) is 6.44. The molecule has 1 heterocycles. The zero-order chi connectivity index (χ0) is 21.8. The molecule has 2 aromatic carbocycles. The molecule has 1 N–H and O–H groups in total. The monoisotopic (exact) mass is 413 g/mol. The fourth-order valence-corrected chi connectivity index (χ4v) is 3.65. The predicted molar refractivity (Wildman–Crippen MR) is 116 cm³/mol. The number of nitrogens with zero attached hydrogens (tertiary/aromatic N) is 2. The number of hydrogen-bond acceptors (Lipinski definition) is 6. The van der Waals surface area contributed by atoms with E-state index in [9.17, 15) is 14.9 Å². The number of nitro groups is 1. The maximum atomic E-state index is 13.2. The van der Waals surface area contributed by atoms with E-state index >= 15 is 0 Å². The average Bonchev–Trinajstić information content (AvgIpc) is 2.74. The summed E-state index contributed by atoms with van der Waals surface area (Å²) >= 11 is 0. The lowest BCUT2D eigenvalue weighted by atomic mass is 9.97. The molecule has 0 aliphatic carbocycles. The van der Waals surface area contributed by atoms with Crippen LogP contribution in [0.2, 0.25) is 0 Å². The number of non-ortho nitro benzene ring substituents is 1. The van der Waals surface area contributed by atoms with Gasteiger partial charge in [0.25, 0.3) is 11.6 Å². The van der Waals surface area contributed by atoms with Crippen molar-refractivity contribution in [2.75, 3.05) is 37.5 Å². The second kappa shape index (κ2) is 9.02. The highest BCUT2D eigenvalue weighted by Gasteiger charge is 2.24. The Bertz CT molecular complexity index is 952. The average molecular weight is 413 g/mol. The molecule has 0 unspecified atom stereocenters. The second-order valence-electron chi connectivity index (χ2n) is 7.60. The first-order chi connectivity index (χ1) is 14.3. The molecule has 0 aromatic heterocycles. The van der Waals surface area contributed by atoms with Crippen LogP contribution in [0.15, 0.2) is 30.3 Å². The lowest BCUT2D eigenvalue weighted by Gasteiger charge is -2.33. The number of anilines is 2. The Labute approximate surface area is 175 Å². The zero-order valence-electron chi connectivity index (χ0n) is 17.7. The molecule has 0 saturated carbocycles. The summed E-state index contributed by atoms with van der Waals surface area (Å²) in [4.78, 5) is 26.1. The summed E-state index contributed by atoms with van der Waals surface area (Å²) in [5.74, 6) is 1.28. The summed E-state index contributed by atoms with van der Waals surface area (Å²) in [6.45, 7) is 5.68. The van der Waals surface area contributed by atoms with Crippen molar-refractivity contribution in [1.29, 1.82) is 0 Å². The third-order valence-electron chi connectivity index (χ3n) is 5.54. The summed E-state index contributed by atoms with van der Waals surface area (Å²) in [6, 6.07) is 7.93. The molecule has 30 heavy (non-hydrogen) atoms. The van der Waals surface area contributed by atoms with Gasteiger partial charge in [-0.3, -0.25) is 14.9 Å². The van der Waals surface area contributed by atoms with Crippen molar-refractivity contribution >= 4 is 23.0 Å². The highest BCUT2D eigenvalue weighted by molar-refractivity contribution is 6.09. The Morgan fingerprint density at radius 3 is 2.37 bits per heavy atom. The molecule has 3 rings (SSSR count). The van der Waals surface area contributed by atoms with E-state index in [2.05, 4.69) is 17.1 Å². The van der Waals surface area contributed by atoms with Crippen LogP contribution in [0, 0.1) is 23.0 Å². The number of hydrogen-bond donors (Lipinski definition) is 1. The van der Waals surface area contributed by atoms with Gasteiger partial charge in [0.15, 0.2) is 11.5 Å². The number of amides is 1. The summed E-state index contributed by atoms with van der Waals surface area (Å²) in [7, 11) is 3.07. The minimum atomic E-state index is -0.486. The van der Waals surface area contributed by atoms with E-state index in [4.69, 9.17) is 9.47 Å². The van der Waals surface area contributed by atoms with Crippen molar-refractivity contribution in [1.82, 2.24) is 0 Å². The van der Waals surface area contributed by atoms with Crippen LogP contribution in [0.1, 0.15) is 35.7 Å². The van der Waals surface area contributed by atoms with Gasteiger partial charge in [-0.15, -0.1) is 0 Å². The smallest absolute Gasteiger partial charge is 0.270 e. The van der Waals surface area contributed by atoms with Crippen molar-refractivity contribution < 1.29 is 19.2 Å². The number of rotatable bonds is 6. The van der Waals surface area contributed by atoms with Crippen molar-refractivity contribution in [3.05, 3.63) is 51.6 Å². The normalized spacial score (nSPS) is 14.3. The molecule has 2 aromatic rings. The number of nitro benzene ring substituents is 1. The molecule has 8 nitrogen and oxygen atoms in total. The first-order valence-electron chi connectivity index (χ1n) is 9.91. The van der Waals surface area contributed by atoms with Crippen molar-refractivity contribution in [2.45, 2.75) is 26.7 Å². The molecule has 160 valence electrons. The molecule has 8 heteroatoms. The van der Waals surface area contributed by atoms with Gasteiger partial charge in [0.05, 0.1) is 30.4 Å². The topological polar surface area (TPSA) is 93.9 Å². The number of nitrogens with one attached hydrogen (secondary N) is 1. The third kappa shape index (κ3) is 4.48. The highest BCUT2D eigenvalue weighted by atomic mass is 16.6. The number of ether oxygens (including phenoxy) is 2. The molecule has 0 radical (unpaired) electrons. The molecule has 0 atom stereocenters. The molecule has 1 fully saturated rings. The molecule has 1 amide bonds. The van der Waals surface area contributed by atoms with E-state index in [1.165, 1.54) is 19.2 Å². The summed E-state index contributed by atoms with van der Waals surface area (Å²) in [6.07, 6.45) is 2.04. The second-order valence-corrected chi connectivity index (χ2v) is 7.60. The number of carbonyl (C=O) groups excluding carboxylic acids is 1. The lowest BCUT2D eigenvalue weighted by molar-refractivity contribution is -0.384. The van der Waals surface area contributed by atoms with Gasteiger partial charge in [-0.2, -0.15) is 0 Å². The van der Waals surface area contributed by atoms with Gasteiger partial charge in [-0.05, 0) is 43.4 Å². The van der Waals surface area contributed by atoms with Crippen LogP contribution in [-0.2, 0) is 0 Å². The zero-order valence-corrected chi connectivity index (χ0v) is 17.7. The van der Waals surface area contributed by atoms with Crippen LogP contribution in [0.4, 0.5) is 17.1 Å². The van der Waals surface area contributed by atoms with Crippen molar-refractivity contribution in [3.8, 4) is 11.5 Å².